The Kier molecular flexibility index (Phi) is 8.92. The van der Waals surface area contributed by atoms with E-state index in [0.717, 1.165) is 16.2 Å². The van der Waals surface area contributed by atoms with Crippen LogP contribution in [0.25, 0.3) is 0 Å². The number of hydrogen-bond donors (Lipinski definition) is 1. The second-order valence-electron chi connectivity index (χ2n) is 6.41. The molecule has 1 N–H and O–H groups in total. The SMILES string of the molecule is CCO[C@H](Cc1ccc(OC[C@H](O)c2cccc(OC)c2)cc1)C(=O)N(C)OC. The van der Waals surface area contributed by atoms with Crippen molar-refractivity contribution in [3.63, 3.8) is 0 Å². The molecule has 158 valence electrons. The minimum Gasteiger partial charge on any atom is -0.497 e. The van der Waals surface area contributed by atoms with Crippen LogP contribution in [0, 0.1) is 0 Å². The lowest BCUT2D eigenvalue weighted by atomic mass is 10.1. The van der Waals surface area contributed by atoms with Crippen LogP contribution in [0.3, 0.4) is 0 Å². The number of likely N-dealkylation sites (N-methyl/N-ethyl adjacent to an activating group) is 1. The molecule has 29 heavy (non-hydrogen) atoms. The van der Waals surface area contributed by atoms with Gasteiger partial charge in [0, 0.05) is 20.1 Å². The summed E-state index contributed by atoms with van der Waals surface area (Å²) in [4.78, 5) is 17.3. The van der Waals surface area contributed by atoms with Gasteiger partial charge in [-0.05, 0) is 42.3 Å². The van der Waals surface area contributed by atoms with Gasteiger partial charge in [-0.3, -0.25) is 9.63 Å². The van der Waals surface area contributed by atoms with Crippen molar-refractivity contribution in [2.24, 2.45) is 0 Å². The first kappa shape index (κ1) is 22.7. The number of rotatable bonds is 11. The third-order valence-electron chi connectivity index (χ3n) is 4.46. The Labute approximate surface area is 171 Å². The Hall–Kier alpha value is -2.61. The summed E-state index contributed by atoms with van der Waals surface area (Å²) in [6, 6.07) is 14.6. The first-order valence-corrected chi connectivity index (χ1v) is 9.45. The summed E-state index contributed by atoms with van der Waals surface area (Å²) in [5.74, 6) is 1.07. The molecule has 0 heterocycles. The number of benzene rings is 2. The molecule has 7 heteroatoms. The molecule has 7 nitrogen and oxygen atoms in total. The molecule has 2 aromatic rings. The van der Waals surface area contributed by atoms with Crippen LogP contribution in [-0.2, 0) is 20.8 Å². The van der Waals surface area contributed by atoms with Crippen molar-refractivity contribution in [2.45, 2.75) is 25.6 Å². The van der Waals surface area contributed by atoms with Crippen LogP contribution >= 0.6 is 0 Å². The number of carbonyl (C=O) groups is 1. The molecule has 0 bridgehead atoms. The van der Waals surface area contributed by atoms with Gasteiger partial charge in [0.1, 0.15) is 30.3 Å². The molecule has 0 saturated carbocycles. The molecule has 0 fully saturated rings. The predicted molar refractivity (Wildman–Crippen MR) is 109 cm³/mol. The number of hydrogen-bond acceptors (Lipinski definition) is 6. The number of amides is 1. The fourth-order valence-corrected chi connectivity index (χ4v) is 2.77. The van der Waals surface area contributed by atoms with Crippen LogP contribution in [0.1, 0.15) is 24.2 Å². The fourth-order valence-electron chi connectivity index (χ4n) is 2.77. The first-order chi connectivity index (χ1) is 14.0. The fraction of sp³-hybridized carbons (Fsp3) is 0.409. The quantitative estimate of drug-likeness (QED) is 0.582. The molecule has 2 aromatic carbocycles. The highest BCUT2D eigenvalue weighted by Gasteiger charge is 2.23. The minimum atomic E-state index is -0.769. The molecule has 0 aliphatic rings. The lowest BCUT2D eigenvalue weighted by Gasteiger charge is -2.21. The van der Waals surface area contributed by atoms with E-state index in [0.29, 0.717) is 24.5 Å². The van der Waals surface area contributed by atoms with E-state index in [4.69, 9.17) is 19.0 Å². The van der Waals surface area contributed by atoms with Crippen LogP contribution in [-0.4, -0.2) is 56.7 Å². The molecular formula is C22H29NO6. The standard InChI is InChI=1S/C22H29NO6/c1-5-28-21(22(25)23(2)27-4)13-16-9-11-18(12-10-16)29-15-20(24)17-7-6-8-19(14-17)26-3/h6-12,14,20-21,24H,5,13,15H2,1-4H3/t20-,21+/m0/s1. The highest BCUT2D eigenvalue weighted by Crippen LogP contribution is 2.21. The predicted octanol–water partition coefficient (Wildman–Crippen LogP) is 2.78. The molecule has 0 aliphatic carbocycles. The van der Waals surface area contributed by atoms with Gasteiger partial charge in [-0.1, -0.05) is 24.3 Å². The Bertz CT molecular complexity index is 764. The minimum absolute atomic E-state index is 0.116. The number of nitrogens with zero attached hydrogens (tertiary/aromatic N) is 1. The Morgan fingerprint density at radius 2 is 1.83 bits per heavy atom. The molecule has 0 radical (unpaired) electrons. The summed E-state index contributed by atoms with van der Waals surface area (Å²) in [6.45, 7) is 2.39. The molecule has 1 amide bonds. The van der Waals surface area contributed by atoms with Gasteiger partial charge in [-0.15, -0.1) is 0 Å². The van der Waals surface area contributed by atoms with E-state index in [1.165, 1.54) is 7.11 Å². The maximum atomic E-state index is 12.3. The van der Waals surface area contributed by atoms with E-state index < -0.39 is 12.2 Å². The molecule has 0 saturated heterocycles. The maximum absolute atomic E-state index is 12.3. The van der Waals surface area contributed by atoms with Crippen LogP contribution in [0.4, 0.5) is 0 Å². The molecule has 0 aromatic heterocycles. The van der Waals surface area contributed by atoms with E-state index in [1.54, 1.807) is 32.4 Å². The van der Waals surface area contributed by atoms with Crippen molar-refractivity contribution < 1.29 is 28.9 Å². The van der Waals surface area contributed by atoms with Crippen molar-refractivity contribution >= 4 is 5.91 Å². The Balaban J connectivity index is 1.94. The van der Waals surface area contributed by atoms with E-state index in [9.17, 15) is 9.90 Å². The van der Waals surface area contributed by atoms with Gasteiger partial charge in [0.15, 0.2) is 0 Å². The Morgan fingerprint density at radius 3 is 2.45 bits per heavy atom. The lowest BCUT2D eigenvalue weighted by Crippen LogP contribution is -2.38. The van der Waals surface area contributed by atoms with E-state index >= 15 is 0 Å². The average Bonchev–Trinajstić information content (AvgIpc) is 2.77. The largest absolute Gasteiger partial charge is 0.497 e. The van der Waals surface area contributed by atoms with Crippen LogP contribution in [0.2, 0.25) is 0 Å². The van der Waals surface area contributed by atoms with Crippen LogP contribution in [0.5, 0.6) is 11.5 Å². The van der Waals surface area contributed by atoms with Gasteiger partial charge in [-0.2, -0.15) is 0 Å². The van der Waals surface area contributed by atoms with Crippen molar-refractivity contribution in [3.8, 4) is 11.5 Å². The molecular weight excluding hydrogens is 374 g/mol. The number of carbonyl (C=O) groups excluding carboxylic acids is 1. The summed E-state index contributed by atoms with van der Waals surface area (Å²) in [5, 5.41) is 11.5. The third-order valence-corrected chi connectivity index (χ3v) is 4.46. The molecule has 2 atom stereocenters. The van der Waals surface area contributed by atoms with Gasteiger partial charge < -0.3 is 19.3 Å². The zero-order valence-corrected chi connectivity index (χ0v) is 17.3. The number of aliphatic hydroxyl groups is 1. The normalized spacial score (nSPS) is 12.9. The summed E-state index contributed by atoms with van der Waals surface area (Å²) in [6.07, 6.45) is -0.964. The maximum Gasteiger partial charge on any atom is 0.275 e. The number of hydroxylamine groups is 2. The Morgan fingerprint density at radius 1 is 1.10 bits per heavy atom. The zero-order chi connectivity index (χ0) is 21.2. The summed E-state index contributed by atoms with van der Waals surface area (Å²) in [7, 11) is 4.58. The zero-order valence-electron chi connectivity index (χ0n) is 17.3. The number of ether oxygens (including phenoxy) is 3. The monoisotopic (exact) mass is 403 g/mol. The molecule has 0 unspecified atom stereocenters. The average molecular weight is 403 g/mol. The highest BCUT2D eigenvalue weighted by atomic mass is 16.7. The van der Waals surface area contributed by atoms with Crippen LogP contribution < -0.4 is 9.47 Å². The topological polar surface area (TPSA) is 77.5 Å². The second-order valence-corrected chi connectivity index (χ2v) is 6.41. The number of methoxy groups -OCH3 is 1. The van der Waals surface area contributed by atoms with E-state index in [1.807, 2.05) is 37.3 Å². The summed E-state index contributed by atoms with van der Waals surface area (Å²) in [5.41, 5.74) is 1.66. The first-order valence-electron chi connectivity index (χ1n) is 9.45. The van der Waals surface area contributed by atoms with Gasteiger partial charge >= 0.3 is 0 Å². The smallest absolute Gasteiger partial charge is 0.275 e. The van der Waals surface area contributed by atoms with Gasteiger partial charge in [0.25, 0.3) is 5.91 Å². The van der Waals surface area contributed by atoms with E-state index in [-0.39, 0.29) is 12.5 Å². The molecule has 2 rings (SSSR count). The van der Waals surface area contributed by atoms with Crippen LogP contribution in [0.15, 0.2) is 48.5 Å². The third kappa shape index (κ3) is 6.74. The van der Waals surface area contributed by atoms with Crippen molar-refractivity contribution in [2.75, 3.05) is 34.5 Å². The summed E-state index contributed by atoms with van der Waals surface area (Å²) < 4.78 is 16.4. The molecule has 0 spiro atoms. The highest BCUT2D eigenvalue weighted by molar-refractivity contribution is 5.80. The van der Waals surface area contributed by atoms with E-state index in [2.05, 4.69) is 0 Å². The second kappa shape index (κ2) is 11.4. The lowest BCUT2D eigenvalue weighted by molar-refractivity contribution is -0.180. The molecule has 0 aliphatic heterocycles. The summed E-state index contributed by atoms with van der Waals surface area (Å²) >= 11 is 0. The van der Waals surface area contributed by atoms with Gasteiger partial charge in [-0.25, -0.2) is 5.06 Å². The van der Waals surface area contributed by atoms with Gasteiger partial charge in [0.2, 0.25) is 0 Å². The van der Waals surface area contributed by atoms with Crippen molar-refractivity contribution in [3.05, 3.63) is 59.7 Å². The van der Waals surface area contributed by atoms with Crippen molar-refractivity contribution in [1.29, 1.82) is 0 Å². The van der Waals surface area contributed by atoms with Crippen molar-refractivity contribution in [1.82, 2.24) is 5.06 Å². The number of aliphatic hydroxyl groups excluding tert-OH is 1. The van der Waals surface area contributed by atoms with Gasteiger partial charge in [0.05, 0.1) is 14.2 Å².